The molecule has 1 heterocycles. The third-order valence-corrected chi connectivity index (χ3v) is 4.39. The molecule has 2 N–H and O–H groups in total. The van der Waals surface area contributed by atoms with Gasteiger partial charge in [-0.3, -0.25) is 4.90 Å². The van der Waals surface area contributed by atoms with Crippen LogP contribution in [0.1, 0.15) is 47.0 Å². The van der Waals surface area contributed by atoms with Gasteiger partial charge in [-0.1, -0.05) is 27.7 Å². The zero-order valence-electron chi connectivity index (χ0n) is 13.2. The normalized spacial score (nSPS) is 23.3. The summed E-state index contributed by atoms with van der Waals surface area (Å²) in [5.41, 5.74) is 6.64. The minimum absolute atomic E-state index is 0.264. The highest BCUT2D eigenvalue weighted by molar-refractivity contribution is 4.93. The molecule has 0 bridgehead atoms. The van der Waals surface area contributed by atoms with Crippen molar-refractivity contribution < 1.29 is 0 Å². The number of hydrogen-bond acceptors (Lipinski definition) is 3. The van der Waals surface area contributed by atoms with E-state index < -0.39 is 0 Å². The zero-order valence-corrected chi connectivity index (χ0v) is 13.2. The smallest absolute Gasteiger partial charge is 0.0295 e. The predicted octanol–water partition coefficient (Wildman–Crippen LogP) is 2.16. The van der Waals surface area contributed by atoms with Crippen molar-refractivity contribution in [2.75, 3.05) is 27.2 Å². The van der Waals surface area contributed by atoms with E-state index in [1.165, 1.54) is 25.9 Å². The van der Waals surface area contributed by atoms with Crippen LogP contribution in [0.4, 0.5) is 0 Å². The standard InChI is InChI=1S/C15H33N3/c1-7-13(16)14(15(2,3)4)18-10-8-12(9-11-18)17(5)6/h12-14H,7-11,16H2,1-6H3. The van der Waals surface area contributed by atoms with Crippen molar-refractivity contribution in [1.82, 2.24) is 9.80 Å². The average molecular weight is 255 g/mol. The summed E-state index contributed by atoms with van der Waals surface area (Å²) in [6.07, 6.45) is 3.61. The molecule has 2 unspecified atom stereocenters. The lowest BCUT2D eigenvalue weighted by atomic mass is 9.79. The summed E-state index contributed by atoms with van der Waals surface area (Å²) in [7, 11) is 4.39. The maximum atomic E-state index is 6.38. The van der Waals surface area contributed by atoms with Crippen LogP contribution in [0.25, 0.3) is 0 Å². The Kier molecular flexibility index (Phi) is 5.63. The third-order valence-electron chi connectivity index (χ3n) is 4.39. The van der Waals surface area contributed by atoms with Gasteiger partial charge in [-0.05, 0) is 38.8 Å². The quantitative estimate of drug-likeness (QED) is 0.835. The molecule has 0 radical (unpaired) electrons. The first kappa shape index (κ1) is 15.9. The van der Waals surface area contributed by atoms with Crippen molar-refractivity contribution in [2.24, 2.45) is 11.1 Å². The molecule has 0 amide bonds. The van der Waals surface area contributed by atoms with Gasteiger partial charge in [0.25, 0.3) is 0 Å². The van der Waals surface area contributed by atoms with E-state index >= 15 is 0 Å². The van der Waals surface area contributed by atoms with Crippen molar-refractivity contribution in [3.8, 4) is 0 Å². The van der Waals surface area contributed by atoms with Crippen LogP contribution in [0.3, 0.4) is 0 Å². The molecule has 108 valence electrons. The lowest BCUT2D eigenvalue weighted by Gasteiger charge is -2.47. The highest BCUT2D eigenvalue weighted by Crippen LogP contribution is 2.30. The van der Waals surface area contributed by atoms with Crippen molar-refractivity contribution in [1.29, 1.82) is 0 Å². The van der Waals surface area contributed by atoms with Crippen LogP contribution in [0.2, 0.25) is 0 Å². The van der Waals surface area contributed by atoms with Crippen molar-refractivity contribution in [3.63, 3.8) is 0 Å². The van der Waals surface area contributed by atoms with E-state index in [-0.39, 0.29) is 5.41 Å². The fourth-order valence-electron chi connectivity index (χ4n) is 3.36. The highest BCUT2D eigenvalue weighted by Gasteiger charge is 2.36. The topological polar surface area (TPSA) is 32.5 Å². The average Bonchev–Trinajstić information content (AvgIpc) is 2.27. The Labute approximate surface area is 114 Å². The van der Waals surface area contributed by atoms with Gasteiger partial charge in [0.05, 0.1) is 0 Å². The molecular formula is C15H33N3. The van der Waals surface area contributed by atoms with Crippen LogP contribution in [-0.2, 0) is 0 Å². The van der Waals surface area contributed by atoms with Crippen molar-refractivity contribution in [3.05, 3.63) is 0 Å². The number of likely N-dealkylation sites (tertiary alicyclic amines) is 1. The predicted molar refractivity (Wildman–Crippen MR) is 79.8 cm³/mol. The number of piperidine rings is 1. The van der Waals surface area contributed by atoms with E-state index in [2.05, 4.69) is 51.6 Å². The molecule has 0 saturated carbocycles. The van der Waals surface area contributed by atoms with Gasteiger partial charge >= 0.3 is 0 Å². The van der Waals surface area contributed by atoms with Gasteiger partial charge in [0.15, 0.2) is 0 Å². The van der Waals surface area contributed by atoms with Gasteiger partial charge < -0.3 is 10.6 Å². The molecular weight excluding hydrogens is 222 g/mol. The molecule has 1 aliphatic heterocycles. The van der Waals surface area contributed by atoms with Crippen molar-refractivity contribution >= 4 is 0 Å². The molecule has 1 aliphatic rings. The molecule has 0 aromatic carbocycles. The molecule has 2 atom stereocenters. The SMILES string of the molecule is CCC(N)C(N1CCC(N(C)C)CC1)C(C)(C)C. The fourth-order valence-corrected chi connectivity index (χ4v) is 3.36. The first-order valence-corrected chi connectivity index (χ1v) is 7.43. The second-order valence-corrected chi connectivity index (χ2v) is 7.11. The Morgan fingerprint density at radius 2 is 1.72 bits per heavy atom. The third kappa shape index (κ3) is 3.94. The number of rotatable bonds is 4. The lowest BCUT2D eigenvalue weighted by molar-refractivity contribution is 0.0384. The minimum Gasteiger partial charge on any atom is -0.326 e. The van der Waals surface area contributed by atoms with Crippen LogP contribution < -0.4 is 5.73 Å². The summed E-state index contributed by atoms with van der Waals surface area (Å²) in [5, 5.41) is 0. The molecule has 3 heteroatoms. The first-order chi connectivity index (χ1) is 8.27. The van der Waals surface area contributed by atoms with E-state index in [0.717, 1.165) is 12.5 Å². The monoisotopic (exact) mass is 255 g/mol. The maximum absolute atomic E-state index is 6.38. The van der Waals surface area contributed by atoms with Gasteiger partial charge in [0, 0.05) is 31.2 Å². The molecule has 1 fully saturated rings. The summed E-state index contributed by atoms with van der Waals surface area (Å²) < 4.78 is 0. The molecule has 0 aromatic rings. The van der Waals surface area contributed by atoms with Crippen LogP contribution in [-0.4, -0.2) is 55.1 Å². The summed E-state index contributed by atoms with van der Waals surface area (Å²) in [5.74, 6) is 0. The zero-order chi connectivity index (χ0) is 13.9. The molecule has 1 saturated heterocycles. The van der Waals surface area contributed by atoms with E-state index in [0.29, 0.717) is 12.1 Å². The highest BCUT2D eigenvalue weighted by atomic mass is 15.2. The summed E-state index contributed by atoms with van der Waals surface area (Å²) >= 11 is 0. The molecule has 0 aromatic heterocycles. The number of nitrogens with zero attached hydrogens (tertiary/aromatic N) is 2. The van der Waals surface area contributed by atoms with Crippen LogP contribution in [0, 0.1) is 5.41 Å². The van der Waals surface area contributed by atoms with Gasteiger partial charge in [-0.2, -0.15) is 0 Å². The van der Waals surface area contributed by atoms with Gasteiger partial charge in [0.1, 0.15) is 0 Å². The fraction of sp³-hybridized carbons (Fsp3) is 1.00. The van der Waals surface area contributed by atoms with E-state index in [4.69, 9.17) is 5.73 Å². The molecule has 0 spiro atoms. The Hall–Kier alpha value is -0.120. The van der Waals surface area contributed by atoms with Crippen molar-refractivity contribution in [2.45, 2.75) is 65.1 Å². The van der Waals surface area contributed by atoms with Gasteiger partial charge in [-0.15, -0.1) is 0 Å². The summed E-state index contributed by atoms with van der Waals surface area (Å²) in [6.45, 7) is 11.6. The minimum atomic E-state index is 0.264. The molecule has 18 heavy (non-hydrogen) atoms. The summed E-state index contributed by atoms with van der Waals surface area (Å²) in [6, 6.07) is 1.55. The van der Waals surface area contributed by atoms with Crippen LogP contribution in [0.5, 0.6) is 0 Å². The second-order valence-electron chi connectivity index (χ2n) is 7.11. The Morgan fingerprint density at radius 3 is 2.06 bits per heavy atom. The largest absolute Gasteiger partial charge is 0.326 e. The molecule has 0 aliphatic carbocycles. The van der Waals surface area contributed by atoms with Gasteiger partial charge in [0.2, 0.25) is 0 Å². The maximum Gasteiger partial charge on any atom is 0.0295 e. The molecule has 3 nitrogen and oxygen atoms in total. The number of hydrogen-bond donors (Lipinski definition) is 1. The van der Waals surface area contributed by atoms with E-state index in [9.17, 15) is 0 Å². The lowest BCUT2D eigenvalue weighted by Crippen LogP contribution is -2.57. The van der Waals surface area contributed by atoms with Gasteiger partial charge in [-0.25, -0.2) is 0 Å². The summed E-state index contributed by atoms with van der Waals surface area (Å²) in [4.78, 5) is 5.00. The second kappa shape index (κ2) is 6.36. The Balaban J connectivity index is 2.67. The number of nitrogens with two attached hydrogens (primary N) is 1. The van der Waals surface area contributed by atoms with E-state index in [1.807, 2.05) is 0 Å². The Morgan fingerprint density at radius 1 is 1.22 bits per heavy atom. The van der Waals surface area contributed by atoms with Crippen LogP contribution in [0.15, 0.2) is 0 Å². The van der Waals surface area contributed by atoms with E-state index in [1.54, 1.807) is 0 Å². The molecule has 1 rings (SSSR count). The Bertz CT molecular complexity index is 237. The first-order valence-electron chi connectivity index (χ1n) is 7.43. The van der Waals surface area contributed by atoms with Crippen LogP contribution >= 0.6 is 0 Å².